The van der Waals surface area contributed by atoms with Crippen molar-refractivity contribution in [2.24, 2.45) is 0 Å². The maximum Gasteiger partial charge on any atom is 0.303 e. The molecule has 0 radical (unpaired) electrons. The molecule has 0 atom stereocenters. The van der Waals surface area contributed by atoms with Gasteiger partial charge >= 0.3 is 11.9 Å². The molecule has 0 saturated carbocycles. The molecular weight excluding hydrogens is 488 g/mol. The van der Waals surface area contributed by atoms with Gasteiger partial charge in [-0.25, -0.2) is 0 Å². The Balaban J connectivity index is 2.03. The van der Waals surface area contributed by atoms with E-state index in [0.29, 0.717) is 41.8 Å². The molecule has 2 rings (SSSR count). The van der Waals surface area contributed by atoms with Crippen molar-refractivity contribution in [2.45, 2.75) is 80.9 Å². The zero-order valence-corrected chi connectivity index (χ0v) is 21.4. The summed E-state index contributed by atoms with van der Waals surface area (Å²) in [6.45, 7) is 2.91. The van der Waals surface area contributed by atoms with Gasteiger partial charge in [0.15, 0.2) is 0 Å². The first kappa shape index (κ1) is 28.4. The number of allylic oxidation sites excluding steroid dienone is 1. The Morgan fingerprint density at radius 1 is 0.829 bits per heavy atom. The Kier molecular flexibility index (Phi) is 12.4. The van der Waals surface area contributed by atoms with Crippen molar-refractivity contribution in [1.82, 2.24) is 0 Å². The van der Waals surface area contributed by atoms with Crippen molar-refractivity contribution in [2.75, 3.05) is 13.2 Å². The largest absolute Gasteiger partial charge is 0.492 e. The standard InChI is InChI=1S/C25H30N2O6S2/c1-17-14-19(32-12-8-4-2-6-10-20(28)29)23-24(35-25(34-23)18(15-26)16-27)22(17)33-13-9-5-3-7-11-21(30)31/h14H,2-13H2,1H3,(H,28,29)(H,30,31). The van der Waals surface area contributed by atoms with Gasteiger partial charge in [0.2, 0.25) is 0 Å². The van der Waals surface area contributed by atoms with Gasteiger partial charge in [0.25, 0.3) is 0 Å². The van der Waals surface area contributed by atoms with Crippen LogP contribution in [0.3, 0.4) is 0 Å². The van der Waals surface area contributed by atoms with E-state index in [1.54, 1.807) is 0 Å². The van der Waals surface area contributed by atoms with E-state index < -0.39 is 11.9 Å². The third-order valence-corrected chi connectivity index (χ3v) is 7.84. The van der Waals surface area contributed by atoms with Gasteiger partial charge in [-0.3, -0.25) is 9.59 Å². The van der Waals surface area contributed by atoms with E-state index in [0.717, 1.165) is 53.9 Å². The molecule has 0 aromatic heterocycles. The third kappa shape index (κ3) is 9.39. The van der Waals surface area contributed by atoms with Crippen molar-refractivity contribution >= 4 is 35.5 Å². The van der Waals surface area contributed by atoms with E-state index in [4.69, 9.17) is 19.7 Å². The zero-order valence-electron chi connectivity index (χ0n) is 19.8. The number of nitriles is 2. The highest BCUT2D eigenvalue weighted by atomic mass is 32.2. The summed E-state index contributed by atoms with van der Waals surface area (Å²) < 4.78 is 12.8. The van der Waals surface area contributed by atoms with Gasteiger partial charge in [0.05, 0.1) is 27.2 Å². The van der Waals surface area contributed by atoms with E-state index in [9.17, 15) is 20.1 Å². The lowest BCUT2D eigenvalue weighted by Crippen LogP contribution is -2.03. The lowest BCUT2D eigenvalue weighted by molar-refractivity contribution is -0.138. The van der Waals surface area contributed by atoms with Crippen LogP contribution in [0.4, 0.5) is 0 Å². The summed E-state index contributed by atoms with van der Waals surface area (Å²) in [6, 6.07) is 5.82. The number of carbonyl (C=O) groups is 2. The van der Waals surface area contributed by atoms with Crippen LogP contribution < -0.4 is 9.47 Å². The number of aryl methyl sites for hydroxylation is 1. The van der Waals surface area contributed by atoms with Crippen molar-refractivity contribution in [3.8, 4) is 23.6 Å². The number of hydrogen-bond donors (Lipinski definition) is 2. The van der Waals surface area contributed by atoms with Gasteiger partial charge in [-0.15, -0.1) is 0 Å². The number of unbranched alkanes of at least 4 members (excludes halogenated alkanes) is 6. The molecule has 1 aliphatic heterocycles. The molecule has 0 aliphatic carbocycles. The Morgan fingerprint density at radius 2 is 1.34 bits per heavy atom. The number of aliphatic carboxylic acids is 2. The van der Waals surface area contributed by atoms with Crippen LogP contribution in [0.2, 0.25) is 0 Å². The fourth-order valence-corrected chi connectivity index (χ4v) is 6.03. The second kappa shape index (κ2) is 15.2. The fourth-order valence-electron chi connectivity index (χ4n) is 3.44. The number of carboxylic acid groups (broad SMARTS) is 2. The van der Waals surface area contributed by atoms with Crippen molar-refractivity contribution in [3.05, 3.63) is 21.4 Å². The Hall–Kier alpha value is -2.82. The molecule has 1 aromatic carbocycles. The highest BCUT2D eigenvalue weighted by Gasteiger charge is 2.30. The Bertz CT molecular complexity index is 1010. The summed E-state index contributed by atoms with van der Waals surface area (Å²) in [4.78, 5) is 22.9. The molecular formula is C25H30N2O6S2. The molecule has 0 amide bonds. The van der Waals surface area contributed by atoms with E-state index in [1.807, 2.05) is 25.1 Å². The maximum absolute atomic E-state index is 10.6. The molecule has 1 heterocycles. The summed E-state index contributed by atoms with van der Waals surface area (Å²) in [5.74, 6) is -0.151. The monoisotopic (exact) mass is 518 g/mol. The van der Waals surface area contributed by atoms with Gasteiger partial charge in [-0.1, -0.05) is 49.2 Å². The number of benzene rings is 1. The number of nitrogens with zero attached hydrogens (tertiary/aromatic N) is 2. The van der Waals surface area contributed by atoms with E-state index >= 15 is 0 Å². The SMILES string of the molecule is Cc1cc(OCCCCCCC(=O)O)c2c(c1OCCCCCCC(=O)O)SC(=C(C#N)C#N)S2. The second-order valence-corrected chi connectivity index (χ2v) is 10.4. The van der Waals surface area contributed by atoms with E-state index in [-0.39, 0.29) is 18.4 Å². The van der Waals surface area contributed by atoms with Crippen LogP contribution >= 0.6 is 23.5 Å². The average molecular weight is 519 g/mol. The number of thioether (sulfide) groups is 2. The van der Waals surface area contributed by atoms with Crippen molar-refractivity contribution < 1.29 is 29.3 Å². The van der Waals surface area contributed by atoms with Gasteiger partial charge in [0.1, 0.15) is 29.2 Å². The minimum atomic E-state index is -0.778. The van der Waals surface area contributed by atoms with Crippen LogP contribution in [0.5, 0.6) is 11.5 Å². The van der Waals surface area contributed by atoms with Crippen LogP contribution in [0, 0.1) is 29.6 Å². The lowest BCUT2D eigenvalue weighted by Gasteiger charge is -2.16. The van der Waals surface area contributed by atoms with E-state index in [1.165, 1.54) is 23.5 Å². The molecule has 0 saturated heterocycles. The highest BCUT2D eigenvalue weighted by molar-refractivity contribution is 8.24. The van der Waals surface area contributed by atoms with Crippen LogP contribution in [0.15, 0.2) is 25.7 Å². The van der Waals surface area contributed by atoms with Gasteiger partial charge in [-0.05, 0) is 44.2 Å². The van der Waals surface area contributed by atoms with Crippen LogP contribution in [0.1, 0.15) is 69.8 Å². The molecule has 2 N–H and O–H groups in total. The summed E-state index contributed by atoms with van der Waals surface area (Å²) >= 11 is 2.69. The summed E-state index contributed by atoms with van der Waals surface area (Å²) in [5.41, 5.74) is 0.957. The second-order valence-electron chi connectivity index (χ2n) is 8.08. The van der Waals surface area contributed by atoms with Crippen LogP contribution in [-0.2, 0) is 9.59 Å². The number of carboxylic acids is 2. The fraction of sp³-hybridized carbons (Fsp3) is 0.520. The predicted octanol–water partition coefficient (Wildman–Crippen LogP) is 6.28. The first-order chi connectivity index (χ1) is 16.9. The molecule has 188 valence electrons. The zero-order chi connectivity index (χ0) is 25.6. The van der Waals surface area contributed by atoms with E-state index in [2.05, 4.69) is 0 Å². The molecule has 0 spiro atoms. The number of rotatable bonds is 16. The first-order valence-corrected chi connectivity index (χ1v) is 13.3. The molecule has 0 unspecified atom stereocenters. The minimum Gasteiger partial charge on any atom is -0.492 e. The molecule has 1 aliphatic rings. The maximum atomic E-state index is 10.6. The smallest absolute Gasteiger partial charge is 0.303 e. The Morgan fingerprint density at radius 3 is 1.89 bits per heavy atom. The summed E-state index contributed by atoms with van der Waals surface area (Å²) in [5, 5.41) is 36.1. The van der Waals surface area contributed by atoms with Crippen LogP contribution in [-0.4, -0.2) is 35.4 Å². The highest BCUT2D eigenvalue weighted by Crippen LogP contribution is 2.59. The molecule has 0 bridgehead atoms. The topological polar surface area (TPSA) is 141 Å². The normalized spacial score (nSPS) is 11.9. The van der Waals surface area contributed by atoms with Gasteiger partial charge < -0.3 is 19.7 Å². The summed E-state index contributed by atoms with van der Waals surface area (Å²) in [7, 11) is 0. The summed E-state index contributed by atoms with van der Waals surface area (Å²) in [6.07, 6.45) is 6.70. The number of fused-ring (bicyclic) bond motifs is 1. The number of hydrogen-bond acceptors (Lipinski definition) is 8. The van der Waals surface area contributed by atoms with Crippen LogP contribution in [0.25, 0.3) is 0 Å². The lowest BCUT2D eigenvalue weighted by atomic mass is 10.1. The van der Waals surface area contributed by atoms with Gasteiger partial charge in [0, 0.05) is 12.8 Å². The van der Waals surface area contributed by atoms with Crippen molar-refractivity contribution in [1.29, 1.82) is 10.5 Å². The molecule has 0 fully saturated rings. The quantitative estimate of drug-likeness (QED) is 0.190. The Labute approximate surface area is 214 Å². The van der Waals surface area contributed by atoms with Gasteiger partial charge in [-0.2, -0.15) is 10.5 Å². The predicted molar refractivity (Wildman–Crippen MR) is 134 cm³/mol. The third-order valence-electron chi connectivity index (χ3n) is 5.23. The number of ether oxygens (including phenoxy) is 2. The minimum absolute atomic E-state index is 0.0580. The first-order valence-electron chi connectivity index (χ1n) is 11.6. The van der Waals surface area contributed by atoms with Crippen molar-refractivity contribution in [3.63, 3.8) is 0 Å². The average Bonchev–Trinajstić information content (AvgIpc) is 3.24. The molecule has 35 heavy (non-hydrogen) atoms. The molecule has 8 nitrogen and oxygen atoms in total. The molecule has 1 aromatic rings. The molecule has 10 heteroatoms.